The number of hydrogen-bond donors (Lipinski definition) is 0. The van der Waals surface area contributed by atoms with E-state index in [1.165, 1.54) is 6.08 Å². The van der Waals surface area contributed by atoms with Crippen molar-refractivity contribution in [2.45, 2.75) is 44.7 Å². The first-order chi connectivity index (χ1) is 8.41. The van der Waals surface area contributed by atoms with E-state index in [0.29, 0.717) is 25.7 Å². The van der Waals surface area contributed by atoms with E-state index in [9.17, 15) is 18.0 Å². The van der Waals surface area contributed by atoms with Gasteiger partial charge in [-0.05, 0) is 25.8 Å². The monoisotopic (exact) mass is 263 g/mol. The van der Waals surface area contributed by atoms with Crippen LogP contribution in [0, 0.1) is 12.5 Å². The molecule has 0 unspecified atom stereocenters. The lowest BCUT2D eigenvalue weighted by Gasteiger charge is -2.18. The lowest BCUT2D eigenvalue weighted by atomic mass is 9.97. The van der Waals surface area contributed by atoms with Gasteiger partial charge in [0.25, 0.3) is 6.47 Å². The van der Waals surface area contributed by atoms with Crippen LogP contribution < -0.4 is 0 Å². The zero-order chi connectivity index (χ0) is 14.0. The van der Waals surface area contributed by atoms with Gasteiger partial charge in [0.15, 0.2) is 0 Å². The van der Waals surface area contributed by atoms with Gasteiger partial charge in [0.05, 0.1) is 5.92 Å². The minimum Gasteiger partial charge on any atom is -0.433 e. The molecule has 0 aromatic carbocycles. The molecule has 0 aliphatic carbocycles. The molecule has 0 aliphatic heterocycles. The number of unbranched alkanes of at least 4 members (excludes halogenated alkanes) is 2. The molecule has 18 heavy (non-hydrogen) atoms. The highest BCUT2D eigenvalue weighted by Crippen LogP contribution is 2.33. The zero-order valence-electron chi connectivity index (χ0n) is 10.2. The van der Waals surface area contributed by atoms with E-state index in [1.807, 2.05) is 0 Å². The number of ether oxygens (including phenoxy) is 1. The number of allylic oxidation sites excluding steroid dienone is 2. The first-order valence-corrected chi connectivity index (χ1v) is 5.81. The van der Waals surface area contributed by atoms with Crippen LogP contribution in [0.15, 0.2) is 18.4 Å². The Hall–Kier alpha value is -1.26. The van der Waals surface area contributed by atoms with Crippen molar-refractivity contribution in [3.8, 4) is 0 Å². The quantitative estimate of drug-likeness (QED) is 0.256. The number of halogens is 3. The molecule has 0 aliphatic rings. The Balaban J connectivity index is 3.77. The molecule has 0 fully saturated rings. The van der Waals surface area contributed by atoms with Crippen LogP contribution in [0.2, 0.25) is 0 Å². The first kappa shape index (κ1) is 16.7. The number of hydrogen-bond acceptors (Lipinski definition) is 2. The first-order valence-electron chi connectivity index (χ1n) is 5.81. The van der Waals surface area contributed by atoms with Gasteiger partial charge < -0.3 is 4.74 Å². The molecule has 2 nitrogen and oxygen atoms in total. The molecular weight excluding hydrogens is 245 g/mol. The number of carbonyl (C=O) groups excluding carboxylic acids is 1. The summed E-state index contributed by atoms with van der Waals surface area (Å²) in [5.74, 6) is -1.22. The van der Waals surface area contributed by atoms with Crippen molar-refractivity contribution < 1.29 is 22.7 Å². The largest absolute Gasteiger partial charge is 0.433 e. The molecule has 1 atom stereocenters. The minimum atomic E-state index is -4.17. The second-order valence-corrected chi connectivity index (χ2v) is 4.04. The maximum absolute atomic E-state index is 12.5. The van der Waals surface area contributed by atoms with E-state index in [4.69, 9.17) is 6.58 Å². The zero-order valence-corrected chi connectivity index (χ0v) is 10.2. The summed E-state index contributed by atoms with van der Waals surface area (Å²) in [7, 11) is 0. The van der Waals surface area contributed by atoms with Crippen LogP contribution in [0.1, 0.15) is 38.5 Å². The molecule has 0 rings (SSSR count). The molecule has 0 saturated heterocycles. The summed E-state index contributed by atoms with van der Waals surface area (Å²) in [6.07, 6.45) is -0.758. The molecular formula is C13H18F3O2. The van der Waals surface area contributed by atoms with Crippen molar-refractivity contribution in [1.82, 2.24) is 0 Å². The third kappa shape index (κ3) is 7.92. The Labute approximate surface area is 106 Å². The molecule has 0 N–H and O–H groups in total. The highest BCUT2D eigenvalue weighted by molar-refractivity contribution is 5.39. The Morgan fingerprint density at radius 2 is 2.00 bits per heavy atom. The van der Waals surface area contributed by atoms with Gasteiger partial charge in [0, 0.05) is 6.42 Å². The van der Waals surface area contributed by atoms with Crippen LogP contribution >= 0.6 is 0 Å². The molecule has 0 aromatic rings. The van der Waals surface area contributed by atoms with Crippen molar-refractivity contribution in [3.05, 3.63) is 25.0 Å². The molecule has 0 spiro atoms. The SMILES string of the molecule is [CH]=C(CCCCC[C@H](CC=C)C(F)(F)F)OC=O. The van der Waals surface area contributed by atoms with Gasteiger partial charge in [-0.25, -0.2) is 0 Å². The lowest BCUT2D eigenvalue weighted by molar-refractivity contribution is -0.175. The topological polar surface area (TPSA) is 26.3 Å². The van der Waals surface area contributed by atoms with E-state index in [2.05, 4.69) is 11.3 Å². The lowest BCUT2D eigenvalue weighted by Crippen LogP contribution is -2.22. The third-order valence-corrected chi connectivity index (χ3v) is 2.59. The van der Waals surface area contributed by atoms with Crippen molar-refractivity contribution in [2.24, 2.45) is 5.92 Å². The van der Waals surface area contributed by atoms with Crippen molar-refractivity contribution in [1.29, 1.82) is 0 Å². The average molecular weight is 263 g/mol. The summed E-state index contributed by atoms with van der Waals surface area (Å²) in [6.45, 7) is 8.88. The van der Waals surface area contributed by atoms with E-state index < -0.39 is 12.1 Å². The molecule has 0 heterocycles. The maximum atomic E-state index is 12.5. The van der Waals surface area contributed by atoms with Crippen LogP contribution in [0.25, 0.3) is 0 Å². The van der Waals surface area contributed by atoms with Gasteiger partial charge in [-0.3, -0.25) is 4.79 Å². The fourth-order valence-electron chi connectivity index (χ4n) is 1.60. The van der Waals surface area contributed by atoms with Gasteiger partial charge in [0.1, 0.15) is 5.76 Å². The third-order valence-electron chi connectivity index (χ3n) is 2.59. The smallest absolute Gasteiger partial charge is 0.392 e. The van der Waals surface area contributed by atoms with Gasteiger partial charge in [-0.1, -0.05) is 18.9 Å². The number of carbonyl (C=O) groups is 1. The van der Waals surface area contributed by atoms with Gasteiger partial charge >= 0.3 is 6.18 Å². The number of alkyl halides is 3. The van der Waals surface area contributed by atoms with E-state index >= 15 is 0 Å². The van der Waals surface area contributed by atoms with Crippen LogP contribution in [-0.2, 0) is 9.53 Å². The Bertz CT molecular complexity index is 272. The van der Waals surface area contributed by atoms with Gasteiger partial charge in [0.2, 0.25) is 0 Å². The molecule has 0 amide bonds. The van der Waals surface area contributed by atoms with Crippen molar-refractivity contribution in [2.75, 3.05) is 0 Å². The molecule has 1 radical (unpaired) electrons. The summed E-state index contributed by atoms with van der Waals surface area (Å²) < 4.78 is 41.9. The Kier molecular flexibility index (Phi) is 8.16. The second-order valence-electron chi connectivity index (χ2n) is 4.04. The van der Waals surface area contributed by atoms with E-state index in [-0.39, 0.29) is 25.1 Å². The van der Waals surface area contributed by atoms with E-state index in [1.54, 1.807) is 0 Å². The average Bonchev–Trinajstić information content (AvgIpc) is 2.26. The van der Waals surface area contributed by atoms with E-state index in [0.717, 1.165) is 0 Å². The highest BCUT2D eigenvalue weighted by Gasteiger charge is 2.37. The van der Waals surface area contributed by atoms with Crippen molar-refractivity contribution in [3.63, 3.8) is 0 Å². The Morgan fingerprint density at radius 3 is 2.50 bits per heavy atom. The molecule has 0 saturated carbocycles. The predicted octanol–water partition coefficient (Wildman–Crippen LogP) is 4.18. The Morgan fingerprint density at radius 1 is 1.33 bits per heavy atom. The summed E-state index contributed by atoms with van der Waals surface area (Å²) in [5, 5.41) is 0. The highest BCUT2D eigenvalue weighted by atomic mass is 19.4. The summed E-state index contributed by atoms with van der Waals surface area (Å²) in [4.78, 5) is 9.92. The maximum Gasteiger partial charge on any atom is 0.392 e. The predicted molar refractivity (Wildman–Crippen MR) is 62.4 cm³/mol. The van der Waals surface area contributed by atoms with Crippen LogP contribution in [0.4, 0.5) is 13.2 Å². The second kappa shape index (κ2) is 8.78. The van der Waals surface area contributed by atoms with Crippen LogP contribution in [-0.4, -0.2) is 12.6 Å². The van der Waals surface area contributed by atoms with Crippen molar-refractivity contribution >= 4 is 6.47 Å². The molecule has 0 aromatic heterocycles. The normalized spacial score (nSPS) is 12.8. The summed E-state index contributed by atoms with van der Waals surface area (Å²) >= 11 is 0. The van der Waals surface area contributed by atoms with Crippen LogP contribution in [0.5, 0.6) is 0 Å². The fraction of sp³-hybridized carbons (Fsp3) is 0.615. The summed E-state index contributed by atoms with van der Waals surface area (Å²) in [5.41, 5.74) is 0. The minimum absolute atomic E-state index is 0.0496. The van der Waals surface area contributed by atoms with Gasteiger partial charge in [-0.2, -0.15) is 13.2 Å². The van der Waals surface area contributed by atoms with Gasteiger partial charge in [-0.15, -0.1) is 6.58 Å². The fourth-order valence-corrected chi connectivity index (χ4v) is 1.60. The molecule has 103 valence electrons. The summed E-state index contributed by atoms with van der Waals surface area (Å²) in [6, 6.07) is 0. The number of rotatable bonds is 10. The standard InChI is InChI=1S/C13H18F3O2/c1-3-7-12(13(14,15)16)9-6-4-5-8-11(2)18-10-17/h2-3,10,12H,1,4-9H2/t12-/m0/s1. The molecule has 0 bridgehead atoms. The van der Waals surface area contributed by atoms with Crippen LogP contribution in [0.3, 0.4) is 0 Å². The molecule has 5 heteroatoms.